The van der Waals surface area contributed by atoms with Crippen molar-refractivity contribution in [1.29, 1.82) is 0 Å². The number of primary amides is 1. The summed E-state index contributed by atoms with van der Waals surface area (Å²) in [7, 11) is 0. The first-order valence-electron chi connectivity index (χ1n) is 8.88. The molecule has 4 rings (SSSR count). The molecule has 1 aromatic carbocycles. The third kappa shape index (κ3) is 3.25. The number of benzene rings is 1. The summed E-state index contributed by atoms with van der Waals surface area (Å²) >= 11 is 1.49. The number of hydrogen-bond acceptors (Lipinski definition) is 5. The number of thiazole rings is 1. The van der Waals surface area contributed by atoms with Crippen molar-refractivity contribution in [3.05, 3.63) is 69.9 Å². The maximum atomic E-state index is 11.9. The standard InChI is InChI=1S/C21H20N4O2S/c1-12-6-4-5-7-15(12)10-25-14(3)16(20(22)26)9-19(25)18-11-28-21(23-18)17-8-13(2)27-24-17/h4-9,11H,10H2,1-3H3,(H2,22,26). The molecule has 142 valence electrons. The van der Waals surface area contributed by atoms with Gasteiger partial charge in [0.15, 0.2) is 0 Å². The number of aromatic nitrogens is 3. The van der Waals surface area contributed by atoms with Gasteiger partial charge in [-0.05, 0) is 38.0 Å². The largest absolute Gasteiger partial charge is 0.366 e. The second kappa shape index (κ2) is 7.09. The van der Waals surface area contributed by atoms with Gasteiger partial charge in [0.2, 0.25) is 0 Å². The lowest BCUT2D eigenvalue weighted by Crippen LogP contribution is -2.13. The summed E-state index contributed by atoms with van der Waals surface area (Å²) in [6, 6.07) is 11.9. The van der Waals surface area contributed by atoms with Gasteiger partial charge in [0.1, 0.15) is 16.5 Å². The van der Waals surface area contributed by atoms with Crippen molar-refractivity contribution in [2.45, 2.75) is 27.3 Å². The van der Waals surface area contributed by atoms with E-state index >= 15 is 0 Å². The predicted octanol–water partition coefficient (Wildman–Crippen LogP) is 4.34. The minimum Gasteiger partial charge on any atom is -0.366 e. The van der Waals surface area contributed by atoms with Crippen LogP contribution >= 0.6 is 11.3 Å². The molecule has 6 nitrogen and oxygen atoms in total. The average Bonchev–Trinajstić information content (AvgIpc) is 3.37. The zero-order valence-corrected chi connectivity index (χ0v) is 16.7. The van der Waals surface area contributed by atoms with Gasteiger partial charge in [-0.1, -0.05) is 29.4 Å². The molecule has 0 bridgehead atoms. The van der Waals surface area contributed by atoms with Crippen LogP contribution in [0.25, 0.3) is 22.1 Å². The lowest BCUT2D eigenvalue weighted by atomic mass is 10.1. The van der Waals surface area contributed by atoms with Gasteiger partial charge in [-0.25, -0.2) is 4.98 Å². The summed E-state index contributed by atoms with van der Waals surface area (Å²) in [6.45, 7) is 6.48. The van der Waals surface area contributed by atoms with E-state index in [4.69, 9.17) is 15.2 Å². The second-order valence-corrected chi connectivity index (χ2v) is 7.62. The summed E-state index contributed by atoms with van der Waals surface area (Å²) in [5.74, 6) is 0.298. The number of carbonyl (C=O) groups is 1. The Balaban J connectivity index is 1.80. The summed E-state index contributed by atoms with van der Waals surface area (Å²) in [5.41, 5.74) is 11.7. The molecule has 4 aromatic rings. The van der Waals surface area contributed by atoms with E-state index in [9.17, 15) is 4.79 Å². The fourth-order valence-electron chi connectivity index (χ4n) is 3.24. The molecule has 28 heavy (non-hydrogen) atoms. The highest BCUT2D eigenvalue weighted by atomic mass is 32.1. The fourth-order valence-corrected chi connectivity index (χ4v) is 4.01. The number of carbonyl (C=O) groups excluding carboxylic acids is 1. The Kier molecular flexibility index (Phi) is 4.60. The zero-order valence-electron chi connectivity index (χ0n) is 15.9. The van der Waals surface area contributed by atoms with Gasteiger partial charge in [-0.15, -0.1) is 11.3 Å². The average molecular weight is 392 g/mol. The van der Waals surface area contributed by atoms with Gasteiger partial charge in [0.05, 0.1) is 17.0 Å². The van der Waals surface area contributed by atoms with Gasteiger partial charge in [-0.3, -0.25) is 4.79 Å². The second-order valence-electron chi connectivity index (χ2n) is 6.77. The van der Waals surface area contributed by atoms with Gasteiger partial charge in [0, 0.05) is 23.7 Å². The van der Waals surface area contributed by atoms with Crippen molar-refractivity contribution in [1.82, 2.24) is 14.7 Å². The highest BCUT2D eigenvalue weighted by Crippen LogP contribution is 2.32. The zero-order chi connectivity index (χ0) is 19.8. The number of rotatable bonds is 5. The van der Waals surface area contributed by atoms with Crippen molar-refractivity contribution in [3.8, 4) is 22.1 Å². The van der Waals surface area contributed by atoms with Crippen LogP contribution in [0.5, 0.6) is 0 Å². The fraction of sp³-hybridized carbons (Fsp3) is 0.190. The lowest BCUT2D eigenvalue weighted by Gasteiger charge is -2.13. The van der Waals surface area contributed by atoms with Crippen LogP contribution in [-0.2, 0) is 6.54 Å². The van der Waals surface area contributed by atoms with E-state index in [1.54, 1.807) is 0 Å². The third-order valence-electron chi connectivity index (χ3n) is 4.84. The Morgan fingerprint density at radius 3 is 2.64 bits per heavy atom. The van der Waals surface area contributed by atoms with Crippen LogP contribution < -0.4 is 5.73 Å². The van der Waals surface area contributed by atoms with Gasteiger partial charge in [0.25, 0.3) is 5.91 Å². The molecule has 0 aliphatic carbocycles. The van der Waals surface area contributed by atoms with Crippen molar-refractivity contribution in [2.24, 2.45) is 5.73 Å². The molecular formula is C21H20N4O2S. The molecule has 0 saturated carbocycles. The van der Waals surface area contributed by atoms with Crippen LogP contribution in [0.2, 0.25) is 0 Å². The molecule has 0 aliphatic rings. The Morgan fingerprint density at radius 1 is 1.18 bits per heavy atom. The van der Waals surface area contributed by atoms with Crippen LogP contribution in [0.3, 0.4) is 0 Å². The van der Waals surface area contributed by atoms with Crippen LogP contribution in [0.1, 0.15) is 32.9 Å². The normalized spacial score (nSPS) is 11.1. The van der Waals surface area contributed by atoms with E-state index in [0.717, 1.165) is 27.8 Å². The Morgan fingerprint density at radius 2 is 1.96 bits per heavy atom. The van der Waals surface area contributed by atoms with E-state index in [1.807, 2.05) is 43.5 Å². The molecule has 0 saturated heterocycles. The minimum absolute atomic E-state index is 0.440. The van der Waals surface area contributed by atoms with Crippen LogP contribution in [0.4, 0.5) is 0 Å². The maximum Gasteiger partial charge on any atom is 0.250 e. The molecule has 1 amide bonds. The smallest absolute Gasteiger partial charge is 0.250 e. The molecule has 0 radical (unpaired) electrons. The maximum absolute atomic E-state index is 11.9. The first-order valence-corrected chi connectivity index (χ1v) is 9.76. The first kappa shape index (κ1) is 18.2. The van der Waals surface area contributed by atoms with Gasteiger partial charge < -0.3 is 14.8 Å². The molecule has 0 spiro atoms. The predicted molar refractivity (Wildman–Crippen MR) is 109 cm³/mol. The Hall–Kier alpha value is -3.19. The SMILES string of the molecule is Cc1cc(-c2nc(-c3cc(C(N)=O)c(C)n3Cc3ccccc3C)cs2)no1. The summed E-state index contributed by atoms with van der Waals surface area (Å²) in [4.78, 5) is 16.7. The third-order valence-corrected chi connectivity index (χ3v) is 5.70. The number of hydrogen-bond donors (Lipinski definition) is 1. The monoisotopic (exact) mass is 392 g/mol. The van der Waals surface area contributed by atoms with Crippen molar-refractivity contribution < 1.29 is 9.32 Å². The summed E-state index contributed by atoms with van der Waals surface area (Å²) in [5, 5.41) is 6.78. The number of amides is 1. The van der Waals surface area contributed by atoms with E-state index < -0.39 is 5.91 Å². The molecule has 0 fully saturated rings. The van der Waals surface area contributed by atoms with Crippen molar-refractivity contribution in [3.63, 3.8) is 0 Å². The topological polar surface area (TPSA) is 86.9 Å². The summed E-state index contributed by atoms with van der Waals surface area (Å²) in [6.07, 6.45) is 0. The number of nitrogens with zero attached hydrogens (tertiary/aromatic N) is 3. The lowest BCUT2D eigenvalue weighted by molar-refractivity contribution is 0.0999. The Bertz CT molecular complexity index is 1170. The number of aryl methyl sites for hydroxylation is 2. The summed E-state index contributed by atoms with van der Waals surface area (Å²) < 4.78 is 7.25. The van der Waals surface area contributed by atoms with E-state index in [2.05, 4.69) is 28.8 Å². The Labute approximate surface area is 166 Å². The van der Waals surface area contributed by atoms with Crippen LogP contribution in [0, 0.1) is 20.8 Å². The van der Waals surface area contributed by atoms with Gasteiger partial charge in [-0.2, -0.15) is 0 Å². The molecule has 0 atom stereocenters. The minimum atomic E-state index is -0.440. The quantitative estimate of drug-likeness (QED) is 0.547. The van der Waals surface area contributed by atoms with E-state index in [1.165, 1.54) is 22.5 Å². The first-order chi connectivity index (χ1) is 13.4. The molecule has 3 aromatic heterocycles. The van der Waals surface area contributed by atoms with E-state index in [-0.39, 0.29) is 0 Å². The highest BCUT2D eigenvalue weighted by molar-refractivity contribution is 7.13. The van der Waals surface area contributed by atoms with Gasteiger partial charge >= 0.3 is 0 Å². The molecule has 0 aliphatic heterocycles. The van der Waals surface area contributed by atoms with Crippen LogP contribution in [0.15, 0.2) is 46.3 Å². The number of nitrogens with two attached hydrogens (primary N) is 1. The van der Waals surface area contributed by atoms with E-state index in [0.29, 0.717) is 17.8 Å². The van der Waals surface area contributed by atoms with Crippen molar-refractivity contribution >= 4 is 17.2 Å². The molecule has 2 N–H and O–H groups in total. The highest BCUT2D eigenvalue weighted by Gasteiger charge is 2.20. The molecule has 0 unspecified atom stereocenters. The molecule has 3 heterocycles. The van der Waals surface area contributed by atoms with Crippen LogP contribution in [-0.4, -0.2) is 20.6 Å². The van der Waals surface area contributed by atoms with Crippen molar-refractivity contribution in [2.75, 3.05) is 0 Å². The molecular weight excluding hydrogens is 372 g/mol. The molecule has 7 heteroatoms.